The van der Waals surface area contributed by atoms with Gasteiger partial charge in [-0.25, -0.2) is 0 Å². The van der Waals surface area contributed by atoms with Crippen molar-refractivity contribution >= 4 is 17.7 Å². The number of carbonyl (C=O) groups excluding carboxylic acids is 1. The van der Waals surface area contributed by atoms with Crippen molar-refractivity contribution in [3.63, 3.8) is 0 Å². The van der Waals surface area contributed by atoms with Crippen LogP contribution in [0.4, 0.5) is 0 Å². The first-order valence-corrected chi connectivity index (χ1v) is 12.0. The van der Waals surface area contributed by atoms with Crippen molar-refractivity contribution in [2.24, 2.45) is 28.6 Å². The molecule has 5 aliphatic rings. The van der Waals surface area contributed by atoms with Crippen LogP contribution in [0, 0.1) is 28.6 Å². The molecular weight excluding hydrogens is 356 g/mol. The summed E-state index contributed by atoms with van der Waals surface area (Å²) in [5, 5.41) is 0. The topological polar surface area (TPSA) is 35.5 Å². The van der Waals surface area contributed by atoms with Crippen LogP contribution in [0.3, 0.4) is 0 Å². The summed E-state index contributed by atoms with van der Waals surface area (Å²) < 4.78 is 12.0. The molecule has 4 aliphatic carbocycles. The van der Waals surface area contributed by atoms with Gasteiger partial charge in [0.25, 0.3) is 0 Å². The Bertz CT molecular complexity index is 667. The molecule has 0 aromatic carbocycles. The molecule has 1 aliphatic heterocycles. The minimum absolute atomic E-state index is 0.102. The zero-order valence-corrected chi connectivity index (χ0v) is 17.9. The summed E-state index contributed by atoms with van der Waals surface area (Å²) in [6, 6.07) is 0. The highest BCUT2D eigenvalue weighted by Crippen LogP contribution is 2.70. The zero-order valence-electron chi connectivity index (χ0n) is 17.1. The van der Waals surface area contributed by atoms with Gasteiger partial charge in [0.15, 0.2) is 0 Å². The van der Waals surface area contributed by atoms with Crippen LogP contribution in [-0.2, 0) is 14.3 Å². The van der Waals surface area contributed by atoms with E-state index in [4.69, 9.17) is 9.47 Å². The molecule has 27 heavy (non-hydrogen) atoms. The normalized spacial score (nSPS) is 51.3. The number of thioether (sulfide) groups is 1. The zero-order chi connectivity index (χ0) is 18.9. The molecule has 3 nitrogen and oxygen atoms in total. The molecule has 0 aromatic rings. The molecule has 0 bridgehead atoms. The van der Waals surface area contributed by atoms with E-state index in [-0.39, 0.29) is 17.0 Å². The highest BCUT2D eigenvalue weighted by Gasteiger charge is 2.65. The summed E-state index contributed by atoms with van der Waals surface area (Å²) in [4.78, 5) is 11.5. The summed E-state index contributed by atoms with van der Waals surface area (Å²) in [7, 11) is 0. The molecule has 0 unspecified atom stereocenters. The molecule has 1 heterocycles. The molecular formula is C23H34O3S. The number of fused-ring (bicyclic) bond motifs is 6. The second-order valence-electron chi connectivity index (χ2n) is 10.2. The summed E-state index contributed by atoms with van der Waals surface area (Å²) in [5.74, 6) is 3.47. The Labute approximate surface area is 168 Å². The lowest BCUT2D eigenvalue weighted by Crippen LogP contribution is -2.53. The van der Waals surface area contributed by atoms with Crippen LogP contribution in [0.5, 0.6) is 0 Å². The summed E-state index contributed by atoms with van der Waals surface area (Å²) >= 11 is 2.12. The van der Waals surface area contributed by atoms with Gasteiger partial charge in [-0.05, 0) is 68.1 Å². The van der Waals surface area contributed by atoms with Gasteiger partial charge in [-0.2, -0.15) is 0 Å². The Hall–Kier alpha value is -0.480. The van der Waals surface area contributed by atoms with Gasteiger partial charge in [0, 0.05) is 24.5 Å². The predicted molar refractivity (Wildman–Crippen MR) is 108 cm³/mol. The maximum atomic E-state index is 11.4. The van der Waals surface area contributed by atoms with Gasteiger partial charge in [0.1, 0.15) is 11.0 Å². The molecule has 0 aromatic heterocycles. The lowest BCUT2D eigenvalue weighted by molar-refractivity contribution is -0.149. The van der Waals surface area contributed by atoms with E-state index in [0.717, 1.165) is 37.2 Å². The molecule has 1 spiro atoms. The van der Waals surface area contributed by atoms with Crippen molar-refractivity contribution in [1.82, 2.24) is 0 Å². The van der Waals surface area contributed by atoms with Gasteiger partial charge in [-0.3, -0.25) is 4.79 Å². The first-order valence-electron chi connectivity index (χ1n) is 11.0. The average Bonchev–Trinajstić information content (AvgIpc) is 3.21. The number of esters is 1. The fourth-order valence-corrected chi connectivity index (χ4v) is 9.36. The highest BCUT2D eigenvalue weighted by atomic mass is 32.2. The van der Waals surface area contributed by atoms with E-state index in [0.29, 0.717) is 10.8 Å². The van der Waals surface area contributed by atoms with Crippen molar-refractivity contribution in [2.45, 2.75) is 83.2 Å². The third kappa shape index (κ3) is 2.54. The minimum Gasteiger partial charge on any atom is -0.462 e. The van der Waals surface area contributed by atoms with Crippen LogP contribution >= 0.6 is 11.8 Å². The fraction of sp³-hybridized carbons (Fsp3) is 0.870. The molecule has 7 atom stereocenters. The van der Waals surface area contributed by atoms with Crippen LogP contribution in [0.15, 0.2) is 11.6 Å². The Morgan fingerprint density at radius 1 is 1.19 bits per heavy atom. The van der Waals surface area contributed by atoms with Crippen molar-refractivity contribution in [1.29, 1.82) is 0 Å². The summed E-state index contributed by atoms with van der Waals surface area (Å²) in [6.07, 6.45) is 12.3. The van der Waals surface area contributed by atoms with Crippen LogP contribution in [-0.4, -0.2) is 29.4 Å². The van der Waals surface area contributed by atoms with Gasteiger partial charge in [0.2, 0.25) is 0 Å². The van der Waals surface area contributed by atoms with Gasteiger partial charge in [-0.1, -0.05) is 25.5 Å². The number of ether oxygens (including phenoxy) is 2. The molecule has 4 fully saturated rings. The number of hydrogen-bond acceptors (Lipinski definition) is 4. The highest BCUT2D eigenvalue weighted by molar-refractivity contribution is 8.00. The van der Waals surface area contributed by atoms with Crippen molar-refractivity contribution in [3.8, 4) is 0 Å². The van der Waals surface area contributed by atoms with E-state index in [1.165, 1.54) is 44.3 Å². The quantitative estimate of drug-likeness (QED) is 0.447. The molecule has 0 radical (unpaired) electrons. The SMILES string of the molecule is CC(=O)O[C@H]1CC[C@@]2(C)C(=CC[C@@H]3[C@@H]2CC[C@@]2(C)[C@H]3CC[C@@]23OCCS3)C1. The number of rotatable bonds is 1. The van der Waals surface area contributed by atoms with E-state index < -0.39 is 0 Å². The van der Waals surface area contributed by atoms with Gasteiger partial charge in [0.05, 0.1) is 6.61 Å². The van der Waals surface area contributed by atoms with Crippen LogP contribution in [0.1, 0.15) is 72.1 Å². The Morgan fingerprint density at radius 3 is 2.74 bits per heavy atom. The Morgan fingerprint density at radius 2 is 2.00 bits per heavy atom. The van der Waals surface area contributed by atoms with E-state index in [1.54, 1.807) is 12.5 Å². The van der Waals surface area contributed by atoms with Gasteiger partial charge < -0.3 is 9.47 Å². The number of hydrogen-bond donors (Lipinski definition) is 0. The van der Waals surface area contributed by atoms with Crippen molar-refractivity contribution < 1.29 is 14.3 Å². The minimum atomic E-state index is -0.128. The number of carbonyl (C=O) groups is 1. The standard InChI is InChI=1S/C23H34O3S/c1-15(24)26-17-6-9-21(2)16(14-17)4-5-18-19(21)7-10-22(3)20(18)8-11-23(22)25-12-13-27-23/h4,17-20H,5-14H2,1-3H3/t17-,18+,19-,20-,21-,22-,23-/m0/s1. The lowest BCUT2D eigenvalue weighted by Gasteiger charge is -2.59. The van der Waals surface area contributed by atoms with Crippen LogP contribution in [0.2, 0.25) is 0 Å². The van der Waals surface area contributed by atoms with E-state index >= 15 is 0 Å². The Kier molecular flexibility index (Phi) is 4.30. The maximum Gasteiger partial charge on any atom is 0.302 e. The first-order chi connectivity index (χ1) is 12.9. The third-order valence-electron chi connectivity index (χ3n) is 9.19. The van der Waals surface area contributed by atoms with Gasteiger partial charge in [-0.15, -0.1) is 11.8 Å². The van der Waals surface area contributed by atoms with E-state index in [1.807, 2.05) is 0 Å². The Balaban J connectivity index is 1.41. The third-order valence-corrected chi connectivity index (χ3v) is 10.8. The molecule has 0 amide bonds. The summed E-state index contributed by atoms with van der Waals surface area (Å²) in [6.45, 7) is 7.56. The fourth-order valence-electron chi connectivity index (χ4n) is 7.85. The molecule has 1 saturated heterocycles. The summed E-state index contributed by atoms with van der Waals surface area (Å²) in [5.41, 5.74) is 2.26. The maximum absolute atomic E-state index is 11.4. The molecule has 5 rings (SSSR count). The van der Waals surface area contributed by atoms with Crippen molar-refractivity contribution in [3.05, 3.63) is 11.6 Å². The molecule has 150 valence electrons. The average molecular weight is 391 g/mol. The molecule has 4 heteroatoms. The van der Waals surface area contributed by atoms with Crippen LogP contribution < -0.4 is 0 Å². The monoisotopic (exact) mass is 390 g/mol. The van der Waals surface area contributed by atoms with E-state index in [9.17, 15) is 4.79 Å². The lowest BCUT2D eigenvalue weighted by atomic mass is 9.48. The largest absolute Gasteiger partial charge is 0.462 e. The second-order valence-corrected chi connectivity index (χ2v) is 11.5. The molecule has 3 saturated carbocycles. The predicted octanol–water partition coefficient (Wildman–Crippen LogP) is 5.34. The number of allylic oxidation sites excluding steroid dienone is 1. The second kappa shape index (κ2) is 6.26. The first kappa shape index (κ1) is 18.5. The smallest absolute Gasteiger partial charge is 0.302 e. The molecule has 0 N–H and O–H groups in total. The van der Waals surface area contributed by atoms with Crippen LogP contribution in [0.25, 0.3) is 0 Å². The van der Waals surface area contributed by atoms with E-state index in [2.05, 4.69) is 31.7 Å². The van der Waals surface area contributed by atoms with Gasteiger partial charge >= 0.3 is 5.97 Å². The van der Waals surface area contributed by atoms with Crippen molar-refractivity contribution in [2.75, 3.05) is 12.4 Å².